The van der Waals surface area contributed by atoms with Gasteiger partial charge in [-0.1, -0.05) is 56.0 Å². The van der Waals surface area contributed by atoms with Gasteiger partial charge in [0.05, 0.1) is 6.04 Å². The Labute approximate surface area is 285 Å². The van der Waals surface area contributed by atoms with Crippen LogP contribution < -0.4 is 16.4 Å². The highest BCUT2D eigenvalue weighted by Crippen LogP contribution is 2.39. The molecule has 0 spiro atoms. The molecule has 11 nitrogen and oxygen atoms in total. The molecule has 4 N–H and O–H groups in total. The molecule has 1 aromatic carbocycles. The SMILES string of the molecule is CC(C)(C)NC(=O)[C@@H]1C[C@@H]2CCCC[C@@H]2CN1C[C@@H](OC(=O)CCCCCNC(=O)CCN1C(=O)C=CC1=O)[C@@H](N)Cc1ccccc1. The summed E-state index contributed by atoms with van der Waals surface area (Å²) in [5.41, 5.74) is 7.50. The van der Waals surface area contributed by atoms with Crippen LogP contribution in [0.4, 0.5) is 0 Å². The molecule has 0 radical (unpaired) electrons. The van der Waals surface area contributed by atoms with Gasteiger partial charge in [-0.05, 0) is 70.3 Å². The van der Waals surface area contributed by atoms with E-state index in [1.54, 1.807) is 0 Å². The molecule has 3 aliphatic rings. The molecule has 5 atom stereocenters. The summed E-state index contributed by atoms with van der Waals surface area (Å²) in [7, 11) is 0. The monoisotopic (exact) mass is 665 g/mol. The Morgan fingerprint density at radius 3 is 2.33 bits per heavy atom. The van der Waals surface area contributed by atoms with Crippen LogP contribution in [0.3, 0.4) is 0 Å². The molecule has 0 aromatic heterocycles. The lowest BCUT2D eigenvalue weighted by atomic mass is 9.72. The molecule has 48 heavy (non-hydrogen) atoms. The van der Waals surface area contributed by atoms with E-state index >= 15 is 0 Å². The maximum atomic E-state index is 13.6. The van der Waals surface area contributed by atoms with Crippen LogP contribution in [0.1, 0.15) is 90.5 Å². The molecule has 1 aromatic rings. The predicted octanol–water partition coefficient (Wildman–Crippen LogP) is 3.26. The third-order valence-corrected chi connectivity index (χ3v) is 9.64. The van der Waals surface area contributed by atoms with Crippen molar-refractivity contribution in [3.8, 4) is 0 Å². The number of ether oxygens (including phenoxy) is 1. The maximum Gasteiger partial charge on any atom is 0.306 e. The Hall–Kier alpha value is -3.57. The number of imide groups is 1. The number of likely N-dealkylation sites (tertiary alicyclic amines) is 1. The number of carbonyl (C=O) groups is 5. The van der Waals surface area contributed by atoms with Gasteiger partial charge in [0.1, 0.15) is 6.10 Å². The number of hydrogen-bond acceptors (Lipinski definition) is 8. The van der Waals surface area contributed by atoms with Crippen molar-refractivity contribution >= 4 is 29.6 Å². The molecular weight excluding hydrogens is 610 g/mol. The van der Waals surface area contributed by atoms with Crippen LogP contribution >= 0.6 is 0 Å². The molecular formula is C37H55N5O6. The summed E-state index contributed by atoms with van der Waals surface area (Å²) in [5, 5.41) is 6.00. The number of piperidine rings is 1. The number of hydrogen-bond donors (Lipinski definition) is 3. The topological polar surface area (TPSA) is 151 Å². The first-order chi connectivity index (χ1) is 22.9. The summed E-state index contributed by atoms with van der Waals surface area (Å²) in [5.74, 6) is -0.263. The van der Waals surface area contributed by atoms with E-state index < -0.39 is 24.0 Å². The zero-order valence-electron chi connectivity index (χ0n) is 29.0. The van der Waals surface area contributed by atoms with E-state index in [-0.39, 0.29) is 48.8 Å². The van der Waals surface area contributed by atoms with Gasteiger partial charge in [-0.15, -0.1) is 0 Å². The number of benzene rings is 1. The van der Waals surface area contributed by atoms with Gasteiger partial charge in [0.15, 0.2) is 0 Å². The minimum atomic E-state index is -0.577. The van der Waals surface area contributed by atoms with Crippen molar-refractivity contribution < 1.29 is 28.7 Å². The minimum absolute atomic E-state index is 0.0235. The zero-order valence-corrected chi connectivity index (χ0v) is 29.0. The third-order valence-electron chi connectivity index (χ3n) is 9.64. The molecule has 264 valence electrons. The van der Waals surface area contributed by atoms with Crippen molar-refractivity contribution in [1.29, 1.82) is 0 Å². The van der Waals surface area contributed by atoms with Gasteiger partial charge in [-0.2, -0.15) is 0 Å². The van der Waals surface area contributed by atoms with Crippen molar-refractivity contribution in [1.82, 2.24) is 20.4 Å². The molecule has 4 rings (SSSR count). The van der Waals surface area contributed by atoms with E-state index in [0.717, 1.165) is 36.3 Å². The third kappa shape index (κ3) is 11.5. The number of unbranched alkanes of at least 4 members (excludes halogenated alkanes) is 2. The highest BCUT2D eigenvalue weighted by molar-refractivity contribution is 6.13. The van der Waals surface area contributed by atoms with Crippen LogP contribution in [-0.4, -0.2) is 89.3 Å². The number of fused-ring (bicyclic) bond motifs is 1. The minimum Gasteiger partial charge on any atom is -0.459 e. The number of amides is 4. The second-order valence-corrected chi connectivity index (χ2v) is 14.7. The summed E-state index contributed by atoms with van der Waals surface area (Å²) in [6, 6.07) is 9.21. The summed E-state index contributed by atoms with van der Waals surface area (Å²) in [6.07, 6.45) is 10.2. The first-order valence-corrected chi connectivity index (χ1v) is 17.7. The predicted molar refractivity (Wildman–Crippen MR) is 183 cm³/mol. The van der Waals surface area contributed by atoms with Crippen LogP contribution in [-0.2, 0) is 35.1 Å². The Balaban J connectivity index is 1.30. The van der Waals surface area contributed by atoms with E-state index in [1.807, 2.05) is 51.1 Å². The second kappa shape index (κ2) is 17.7. The summed E-state index contributed by atoms with van der Waals surface area (Å²) in [6.45, 7) is 7.68. The van der Waals surface area contributed by atoms with E-state index in [4.69, 9.17) is 10.5 Å². The smallest absolute Gasteiger partial charge is 0.306 e. The lowest BCUT2D eigenvalue weighted by molar-refractivity contribution is -0.153. The maximum absolute atomic E-state index is 13.6. The molecule has 1 aliphatic carbocycles. The number of nitrogens with zero attached hydrogens (tertiary/aromatic N) is 2. The quantitative estimate of drug-likeness (QED) is 0.138. The molecule has 2 heterocycles. The first-order valence-electron chi connectivity index (χ1n) is 17.7. The average Bonchev–Trinajstić information content (AvgIpc) is 3.36. The number of esters is 1. The highest BCUT2D eigenvalue weighted by atomic mass is 16.5. The van der Waals surface area contributed by atoms with Gasteiger partial charge < -0.3 is 21.1 Å². The van der Waals surface area contributed by atoms with Gasteiger partial charge >= 0.3 is 5.97 Å². The largest absolute Gasteiger partial charge is 0.459 e. The van der Waals surface area contributed by atoms with E-state index in [9.17, 15) is 24.0 Å². The van der Waals surface area contributed by atoms with E-state index in [0.29, 0.717) is 50.6 Å². The second-order valence-electron chi connectivity index (χ2n) is 14.7. The van der Waals surface area contributed by atoms with Gasteiger partial charge in [0.25, 0.3) is 11.8 Å². The Morgan fingerprint density at radius 2 is 1.65 bits per heavy atom. The molecule has 0 bridgehead atoms. The number of nitrogens with one attached hydrogen (secondary N) is 2. The standard InChI is InChI=1S/C37H55N5O6/c1-37(2,3)40-36(47)30-23-27-14-9-10-15-28(27)24-41(30)25-31(29(38)22-26-12-6-4-7-13-26)48-35(46)16-8-5-11-20-39-32(43)19-21-42-33(44)17-18-34(42)45/h4,6-7,12-13,17-18,27-31H,5,8-11,14-16,19-25,38H2,1-3H3,(H,39,43)(H,40,47)/t27-,28+,29-,30-,31+/m0/s1. The van der Waals surface area contributed by atoms with Crippen molar-refractivity contribution in [2.75, 3.05) is 26.2 Å². The van der Waals surface area contributed by atoms with Gasteiger partial charge in [0.2, 0.25) is 11.8 Å². The average molecular weight is 666 g/mol. The highest BCUT2D eigenvalue weighted by Gasteiger charge is 2.42. The molecule has 2 aliphatic heterocycles. The zero-order chi connectivity index (χ0) is 34.7. The van der Waals surface area contributed by atoms with Gasteiger partial charge in [0, 0.05) is 62.8 Å². The molecule has 1 saturated heterocycles. The van der Waals surface area contributed by atoms with Crippen molar-refractivity contribution in [2.45, 2.75) is 115 Å². The lowest BCUT2D eigenvalue weighted by Gasteiger charge is -2.47. The lowest BCUT2D eigenvalue weighted by Crippen LogP contribution is -2.60. The van der Waals surface area contributed by atoms with Crippen LogP contribution in [0.15, 0.2) is 42.5 Å². The molecule has 1 saturated carbocycles. The Morgan fingerprint density at radius 1 is 0.958 bits per heavy atom. The number of rotatable bonds is 16. The summed E-state index contributed by atoms with van der Waals surface area (Å²) < 4.78 is 6.12. The molecule has 2 fully saturated rings. The Kier molecular flexibility index (Phi) is 13.8. The van der Waals surface area contributed by atoms with E-state index in [1.165, 1.54) is 25.0 Å². The Bertz CT molecular complexity index is 1280. The number of carbonyl (C=O) groups excluding carboxylic acids is 5. The van der Waals surface area contributed by atoms with Gasteiger partial charge in [-0.3, -0.25) is 33.8 Å². The van der Waals surface area contributed by atoms with Gasteiger partial charge in [-0.25, -0.2) is 0 Å². The van der Waals surface area contributed by atoms with Crippen LogP contribution in [0.25, 0.3) is 0 Å². The van der Waals surface area contributed by atoms with Crippen LogP contribution in [0.5, 0.6) is 0 Å². The fraction of sp³-hybridized carbons (Fsp3) is 0.649. The molecule has 0 unspecified atom stereocenters. The summed E-state index contributed by atoms with van der Waals surface area (Å²) in [4.78, 5) is 65.5. The van der Waals surface area contributed by atoms with E-state index in [2.05, 4.69) is 15.5 Å². The van der Waals surface area contributed by atoms with Crippen LogP contribution in [0.2, 0.25) is 0 Å². The van der Waals surface area contributed by atoms with Crippen molar-refractivity contribution in [2.24, 2.45) is 17.6 Å². The van der Waals surface area contributed by atoms with Crippen molar-refractivity contribution in [3.05, 3.63) is 48.0 Å². The fourth-order valence-electron chi connectivity index (χ4n) is 7.12. The van der Waals surface area contributed by atoms with Crippen LogP contribution in [0, 0.1) is 11.8 Å². The first kappa shape index (κ1) is 37.3. The molecule has 4 amide bonds. The molecule has 11 heteroatoms. The summed E-state index contributed by atoms with van der Waals surface area (Å²) >= 11 is 0. The fourth-order valence-corrected chi connectivity index (χ4v) is 7.12. The number of nitrogens with two attached hydrogens (primary N) is 1. The van der Waals surface area contributed by atoms with Crippen molar-refractivity contribution in [3.63, 3.8) is 0 Å². The normalized spacial score (nSPS) is 22.6.